The molecule has 8 nitrogen and oxygen atoms in total. The van der Waals surface area contributed by atoms with Crippen molar-refractivity contribution in [3.8, 4) is 0 Å². The molecule has 1 atom stereocenters. The maximum Gasteiger partial charge on any atom is 0.257 e. The van der Waals surface area contributed by atoms with Crippen LogP contribution in [0.2, 0.25) is 0 Å². The van der Waals surface area contributed by atoms with Crippen molar-refractivity contribution in [1.82, 2.24) is 9.88 Å². The Balaban J connectivity index is 1.33. The normalized spacial score (nSPS) is 22.3. The van der Waals surface area contributed by atoms with Gasteiger partial charge in [-0.25, -0.2) is 4.98 Å². The molecular formula is C22H22N4O4S. The first-order valence-corrected chi connectivity index (χ1v) is 11.3. The van der Waals surface area contributed by atoms with Crippen LogP contribution in [0.4, 0.5) is 10.8 Å². The van der Waals surface area contributed by atoms with E-state index in [9.17, 15) is 19.2 Å². The number of thiazole rings is 1. The predicted octanol–water partition coefficient (Wildman–Crippen LogP) is 2.99. The average Bonchev–Trinajstić information content (AvgIpc) is 3.29. The van der Waals surface area contributed by atoms with Crippen molar-refractivity contribution in [2.45, 2.75) is 51.1 Å². The Hall–Kier alpha value is -3.07. The molecule has 1 aliphatic carbocycles. The molecule has 3 aliphatic rings. The number of aryl methyl sites for hydroxylation is 1. The lowest BCUT2D eigenvalue weighted by atomic mass is 9.98. The number of rotatable bonds is 4. The number of amides is 3. The lowest BCUT2D eigenvalue weighted by molar-refractivity contribution is -0.117. The van der Waals surface area contributed by atoms with Gasteiger partial charge in [0.05, 0.1) is 21.8 Å². The number of carbonyl (C=O) groups excluding carboxylic acids is 4. The standard InChI is InChI=1S/C22H22N4O4S/c1-22-11-9-18(29)26(22)15-7-3-2-5-13(15)20(30)25(22)12-10-17(28)24-21-23-14-6-4-8-16(27)19(14)31-21/h2-3,5,7H,4,6,8-12H2,1H3,(H,23,24,28). The third kappa shape index (κ3) is 3.15. The minimum atomic E-state index is -0.782. The van der Waals surface area contributed by atoms with Crippen molar-refractivity contribution in [1.29, 1.82) is 0 Å². The molecule has 31 heavy (non-hydrogen) atoms. The molecule has 0 radical (unpaired) electrons. The quantitative estimate of drug-likeness (QED) is 0.791. The second kappa shape index (κ2) is 7.26. The molecule has 0 bridgehead atoms. The van der Waals surface area contributed by atoms with Crippen LogP contribution in [0.3, 0.4) is 0 Å². The summed E-state index contributed by atoms with van der Waals surface area (Å²) in [4.78, 5) is 58.8. The molecule has 160 valence electrons. The molecule has 3 heterocycles. The molecule has 1 N–H and O–H groups in total. The van der Waals surface area contributed by atoms with E-state index in [1.807, 2.05) is 13.0 Å². The fourth-order valence-corrected chi connectivity index (χ4v) is 5.75. The van der Waals surface area contributed by atoms with Crippen LogP contribution in [0, 0.1) is 0 Å². The summed E-state index contributed by atoms with van der Waals surface area (Å²) in [7, 11) is 0. The van der Waals surface area contributed by atoms with Crippen LogP contribution in [0.1, 0.15) is 64.8 Å². The predicted molar refractivity (Wildman–Crippen MR) is 115 cm³/mol. The average molecular weight is 439 g/mol. The molecule has 0 spiro atoms. The van der Waals surface area contributed by atoms with Gasteiger partial charge in [-0.3, -0.25) is 24.1 Å². The Bertz CT molecular complexity index is 1130. The van der Waals surface area contributed by atoms with E-state index in [-0.39, 0.29) is 36.5 Å². The van der Waals surface area contributed by atoms with E-state index in [0.717, 1.165) is 18.5 Å². The number of hydrogen-bond donors (Lipinski definition) is 1. The van der Waals surface area contributed by atoms with E-state index in [4.69, 9.17) is 0 Å². The van der Waals surface area contributed by atoms with Crippen LogP contribution in [-0.4, -0.2) is 45.6 Å². The van der Waals surface area contributed by atoms with Gasteiger partial charge < -0.3 is 10.2 Å². The van der Waals surface area contributed by atoms with Crippen molar-refractivity contribution in [3.63, 3.8) is 0 Å². The van der Waals surface area contributed by atoms with E-state index in [2.05, 4.69) is 10.3 Å². The van der Waals surface area contributed by atoms with Crippen molar-refractivity contribution in [3.05, 3.63) is 40.4 Å². The Morgan fingerprint density at radius 2 is 2.00 bits per heavy atom. The third-order valence-corrected chi connectivity index (χ3v) is 7.38. The molecule has 1 aromatic heterocycles. The minimum absolute atomic E-state index is 0.0186. The van der Waals surface area contributed by atoms with Gasteiger partial charge in [0.15, 0.2) is 10.9 Å². The highest BCUT2D eigenvalue weighted by Gasteiger charge is 2.52. The molecule has 1 saturated heterocycles. The number of fused-ring (bicyclic) bond motifs is 4. The second-order valence-electron chi connectivity index (χ2n) is 8.29. The summed E-state index contributed by atoms with van der Waals surface area (Å²) in [6.07, 6.45) is 3.01. The number of benzene rings is 1. The Labute approximate surface area is 183 Å². The van der Waals surface area contributed by atoms with Gasteiger partial charge in [-0.1, -0.05) is 23.5 Å². The van der Waals surface area contributed by atoms with Gasteiger partial charge in [0.25, 0.3) is 5.91 Å². The monoisotopic (exact) mass is 438 g/mol. The summed E-state index contributed by atoms with van der Waals surface area (Å²) in [5, 5.41) is 3.19. The summed E-state index contributed by atoms with van der Waals surface area (Å²) < 4.78 is 0. The number of carbonyl (C=O) groups is 4. The van der Waals surface area contributed by atoms with Crippen LogP contribution in [0.5, 0.6) is 0 Å². The fourth-order valence-electron chi connectivity index (χ4n) is 4.76. The molecule has 9 heteroatoms. The topological polar surface area (TPSA) is 99.7 Å². The molecule has 0 saturated carbocycles. The van der Waals surface area contributed by atoms with Gasteiger partial charge >= 0.3 is 0 Å². The summed E-state index contributed by atoms with van der Waals surface area (Å²) in [5.41, 5.74) is 1.08. The van der Waals surface area contributed by atoms with Crippen molar-refractivity contribution >= 4 is 45.7 Å². The van der Waals surface area contributed by atoms with E-state index in [0.29, 0.717) is 40.5 Å². The van der Waals surface area contributed by atoms with Gasteiger partial charge in [0.1, 0.15) is 5.66 Å². The molecule has 2 aliphatic heterocycles. The second-order valence-corrected chi connectivity index (χ2v) is 9.29. The SMILES string of the molecule is CC12CCC(=O)N1c1ccccc1C(=O)N2CCC(=O)Nc1nc2c(s1)C(=O)CCC2. The molecule has 2 aromatic rings. The first kappa shape index (κ1) is 19.9. The van der Waals surface area contributed by atoms with Crippen molar-refractivity contribution in [2.75, 3.05) is 16.8 Å². The van der Waals surface area contributed by atoms with Gasteiger partial charge in [-0.05, 0) is 38.3 Å². The molecule has 1 unspecified atom stereocenters. The highest BCUT2D eigenvalue weighted by Crippen LogP contribution is 2.44. The minimum Gasteiger partial charge on any atom is -0.315 e. The van der Waals surface area contributed by atoms with E-state index in [1.165, 1.54) is 11.3 Å². The van der Waals surface area contributed by atoms with E-state index in [1.54, 1.807) is 28.0 Å². The largest absolute Gasteiger partial charge is 0.315 e. The smallest absolute Gasteiger partial charge is 0.257 e. The summed E-state index contributed by atoms with van der Waals surface area (Å²) in [6.45, 7) is 2.06. The molecule has 5 rings (SSSR count). The fraction of sp³-hybridized carbons (Fsp3) is 0.409. The van der Waals surface area contributed by atoms with Crippen molar-refractivity contribution < 1.29 is 19.2 Å². The highest BCUT2D eigenvalue weighted by molar-refractivity contribution is 7.17. The first-order chi connectivity index (χ1) is 14.9. The van der Waals surface area contributed by atoms with Gasteiger partial charge in [-0.15, -0.1) is 0 Å². The Morgan fingerprint density at radius 1 is 1.19 bits per heavy atom. The lowest BCUT2D eigenvalue weighted by Crippen LogP contribution is -2.62. The zero-order valence-electron chi connectivity index (χ0n) is 17.1. The number of anilines is 2. The van der Waals surface area contributed by atoms with Crippen LogP contribution < -0.4 is 10.2 Å². The van der Waals surface area contributed by atoms with Gasteiger partial charge in [0, 0.05) is 25.8 Å². The molecule has 1 aromatic carbocycles. The summed E-state index contributed by atoms with van der Waals surface area (Å²) in [6, 6.07) is 7.10. The highest BCUT2D eigenvalue weighted by atomic mass is 32.1. The number of Topliss-reactive ketones (excluding diaryl/α,β-unsaturated/α-hetero) is 1. The zero-order chi connectivity index (χ0) is 21.8. The third-order valence-electron chi connectivity index (χ3n) is 6.32. The van der Waals surface area contributed by atoms with E-state index >= 15 is 0 Å². The number of ketones is 1. The van der Waals surface area contributed by atoms with Gasteiger partial charge in [0.2, 0.25) is 11.8 Å². The molecular weight excluding hydrogens is 416 g/mol. The Kier molecular flexibility index (Phi) is 4.65. The summed E-state index contributed by atoms with van der Waals surface area (Å²) in [5.74, 6) is -0.387. The Morgan fingerprint density at radius 3 is 2.81 bits per heavy atom. The summed E-state index contributed by atoms with van der Waals surface area (Å²) >= 11 is 1.21. The van der Waals surface area contributed by atoms with Crippen LogP contribution >= 0.6 is 11.3 Å². The van der Waals surface area contributed by atoms with Gasteiger partial charge in [-0.2, -0.15) is 0 Å². The number of nitrogens with zero attached hydrogens (tertiary/aromatic N) is 3. The lowest BCUT2D eigenvalue weighted by Gasteiger charge is -2.48. The number of para-hydroxylation sites is 1. The molecule has 3 amide bonds. The number of nitrogens with one attached hydrogen (secondary N) is 1. The first-order valence-electron chi connectivity index (χ1n) is 10.5. The number of aromatic nitrogens is 1. The van der Waals surface area contributed by atoms with E-state index < -0.39 is 5.66 Å². The molecule has 1 fully saturated rings. The number of hydrogen-bond acceptors (Lipinski definition) is 6. The van der Waals surface area contributed by atoms with Crippen LogP contribution in [0.15, 0.2) is 24.3 Å². The zero-order valence-corrected chi connectivity index (χ0v) is 18.0. The van der Waals surface area contributed by atoms with Crippen molar-refractivity contribution in [2.24, 2.45) is 0 Å². The van der Waals surface area contributed by atoms with Crippen LogP contribution in [-0.2, 0) is 16.0 Å². The van der Waals surface area contributed by atoms with Crippen LogP contribution in [0.25, 0.3) is 0 Å². The maximum atomic E-state index is 13.2. The maximum absolute atomic E-state index is 13.2.